The summed E-state index contributed by atoms with van der Waals surface area (Å²) < 4.78 is 0. The molecule has 0 saturated heterocycles. The number of hydrogen-bond acceptors (Lipinski definition) is 4. The van der Waals surface area contributed by atoms with Gasteiger partial charge in [-0.15, -0.1) is 0 Å². The van der Waals surface area contributed by atoms with Gasteiger partial charge in [0.1, 0.15) is 5.82 Å². The van der Waals surface area contributed by atoms with E-state index in [-0.39, 0.29) is 5.91 Å². The molecule has 0 aliphatic rings. The van der Waals surface area contributed by atoms with Gasteiger partial charge in [-0.25, -0.2) is 4.98 Å². The van der Waals surface area contributed by atoms with Crippen LogP contribution in [0.3, 0.4) is 0 Å². The molecule has 0 aliphatic carbocycles. The van der Waals surface area contributed by atoms with Crippen LogP contribution < -0.4 is 16.0 Å². The lowest BCUT2D eigenvalue weighted by molar-refractivity contribution is 0.102. The van der Waals surface area contributed by atoms with Crippen molar-refractivity contribution in [3.8, 4) is 0 Å². The first-order valence-corrected chi connectivity index (χ1v) is 11.6. The summed E-state index contributed by atoms with van der Waals surface area (Å²) in [5.74, 6) is 0.459. The maximum atomic E-state index is 12.7. The number of nitrogens with zero attached hydrogens (tertiary/aromatic N) is 1. The third-order valence-corrected chi connectivity index (χ3v) is 5.71. The molecular formula is C28H27ClN4O. The second-order valence-corrected chi connectivity index (χ2v) is 8.36. The van der Waals surface area contributed by atoms with E-state index in [2.05, 4.69) is 33.1 Å². The van der Waals surface area contributed by atoms with Crippen LogP contribution in [0.15, 0.2) is 97.2 Å². The molecule has 172 valence electrons. The zero-order chi connectivity index (χ0) is 23.6. The first kappa shape index (κ1) is 23.5. The van der Waals surface area contributed by atoms with Crippen molar-refractivity contribution in [2.45, 2.75) is 19.5 Å². The van der Waals surface area contributed by atoms with Crippen molar-refractivity contribution in [3.05, 3.63) is 124 Å². The van der Waals surface area contributed by atoms with Crippen molar-refractivity contribution in [1.29, 1.82) is 0 Å². The number of rotatable bonds is 10. The fraction of sp³-hybridized carbons (Fsp3) is 0.143. The van der Waals surface area contributed by atoms with Crippen molar-refractivity contribution < 1.29 is 4.79 Å². The molecule has 1 heterocycles. The topological polar surface area (TPSA) is 66.1 Å². The summed E-state index contributed by atoms with van der Waals surface area (Å²) in [5.41, 5.74) is 4.56. The van der Waals surface area contributed by atoms with Crippen LogP contribution in [0.25, 0.3) is 0 Å². The van der Waals surface area contributed by atoms with E-state index < -0.39 is 0 Å². The van der Waals surface area contributed by atoms with Gasteiger partial charge in [-0.3, -0.25) is 4.79 Å². The number of halogens is 1. The van der Waals surface area contributed by atoms with Gasteiger partial charge in [0.15, 0.2) is 0 Å². The molecule has 0 atom stereocenters. The van der Waals surface area contributed by atoms with Gasteiger partial charge in [-0.2, -0.15) is 0 Å². The molecule has 1 aromatic heterocycles. The van der Waals surface area contributed by atoms with E-state index in [9.17, 15) is 4.79 Å². The molecule has 0 saturated carbocycles. The monoisotopic (exact) mass is 470 g/mol. The van der Waals surface area contributed by atoms with E-state index in [0.29, 0.717) is 35.2 Å². The predicted molar refractivity (Wildman–Crippen MR) is 139 cm³/mol. The molecule has 0 spiro atoms. The fourth-order valence-electron chi connectivity index (χ4n) is 3.50. The minimum absolute atomic E-state index is 0.252. The lowest BCUT2D eigenvalue weighted by atomic mass is 10.1. The summed E-state index contributed by atoms with van der Waals surface area (Å²) >= 11 is 6.33. The summed E-state index contributed by atoms with van der Waals surface area (Å²) in [5, 5.41) is 10.1. The van der Waals surface area contributed by atoms with Crippen LogP contribution in [0, 0.1) is 0 Å². The lowest BCUT2D eigenvalue weighted by Gasteiger charge is -2.11. The highest BCUT2D eigenvalue weighted by Crippen LogP contribution is 2.24. The first-order chi connectivity index (χ1) is 16.7. The highest BCUT2D eigenvalue weighted by Gasteiger charge is 2.10. The molecule has 4 aromatic rings. The number of carbonyl (C=O) groups excluding carboxylic acids is 1. The molecule has 0 bridgehead atoms. The van der Waals surface area contributed by atoms with Gasteiger partial charge in [0.05, 0.1) is 16.3 Å². The Kier molecular flexibility index (Phi) is 8.27. The third-order valence-electron chi connectivity index (χ3n) is 5.38. The number of anilines is 2. The van der Waals surface area contributed by atoms with Crippen LogP contribution in [-0.4, -0.2) is 17.4 Å². The van der Waals surface area contributed by atoms with Crippen molar-refractivity contribution >= 4 is 29.0 Å². The lowest BCUT2D eigenvalue weighted by Crippen LogP contribution is -2.17. The number of nitrogens with one attached hydrogen (secondary N) is 3. The van der Waals surface area contributed by atoms with Crippen molar-refractivity contribution in [1.82, 2.24) is 10.3 Å². The number of benzene rings is 3. The minimum atomic E-state index is -0.252. The van der Waals surface area contributed by atoms with Crippen molar-refractivity contribution in [2.75, 3.05) is 17.2 Å². The maximum Gasteiger partial charge on any atom is 0.257 e. The smallest absolute Gasteiger partial charge is 0.257 e. The van der Waals surface area contributed by atoms with Gasteiger partial charge in [0, 0.05) is 19.3 Å². The average Bonchev–Trinajstić information content (AvgIpc) is 2.88. The van der Waals surface area contributed by atoms with Gasteiger partial charge in [0.2, 0.25) is 0 Å². The average molecular weight is 471 g/mol. The Balaban J connectivity index is 1.29. The van der Waals surface area contributed by atoms with Crippen molar-refractivity contribution in [2.24, 2.45) is 0 Å². The van der Waals surface area contributed by atoms with Gasteiger partial charge in [-0.1, -0.05) is 78.3 Å². The minimum Gasteiger partial charge on any atom is -0.366 e. The Bertz CT molecular complexity index is 1200. The van der Waals surface area contributed by atoms with Gasteiger partial charge in [-0.05, 0) is 53.9 Å². The molecule has 6 heteroatoms. The summed E-state index contributed by atoms with van der Waals surface area (Å²) in [4.78, 5) is 17.1. The number of amides is 1. The van der Waals surface area contributed by atoms with Crippen LogP contribution in [0.5, 0.6) is 0 Å². The molecular weight excluding hydrogens is 444 g/mol. The van der Waals surface area contributed by atoms with Crippen LogP contribution in [0.1, 0.15) is 27.0 Å². The summed E-state index contributed by atoms with van der Waals surface area (Å²) in [6, 6.07) is 29.7. The molecule has 5 nitrogen and oxygen atoms in total. The second kappa shape index (κ2) is 12.0. The van der Waals surface area contributed by atoms with E-state index in [0.717, 1.165) is 24.1 Å². The molecule has 0 radical (unpaired) electrons. The standard InChI is InChI=1S/C28H27ClN4O/c29-25-13-11-23(18-30-16-15-21-7-3-1-4-8-21)17-26(25)33-28(34)24-12-14-27(32-20-24)31-19-22-9-5-2-6-10-22/h1-14,17,20,30H,15-16,18-19H2,(H,31,32)(H,33,34). The number of pyridine rings is 1. The highest BCUT2D eigenvalue weighted by atomic mass is 35.5. The predicted octanol–water partition coefficient (Wildman–Crippen LogP) is 5.93. The summed E-state index contributed by atoms with van der Waals surface area (Å²) in [6.45, 7) is 2.22. The normalized spacial score (nSPS) is 10.6. The molecule has 3 aromatic carbocycles. The van der Waals surface area contributed by atoms with E-state index in [1.165, 1.54) is 5.56 Å². The molecule has 1 amide bonds. The fourth-order valence-corrected chi connectivity index (χ4v) is 3.67. The van der Waals surface area contributed by atoms with Crippen LogP contribution >= 0.6 is 11.6 Å². The molecule has 0 fully saturated rings. The van der Waals surface area contributed by atoms with Gasteiger partial charge in [0.25, 0.3) is 5.91 Å². The number of carbonyl (C=O) groups is 1. The SMILES string of the molecule is O=C(Nc1cc(CNCCc2ccccc2)ccc1Cl)c1ccc(NCc2ccccc2)nc1. The Hall–Kier alpha value is -3.67. The summed E-state index contributed by atoms with van der Waals surface area (Å²) in [7, 11) is 0. The van der Waals surface area contributed by atoms with Crippen LogP contribution in [0.4, 0.5) is 11.5 Å². The molecule has 0 unspecified atom stereocenters. The first-order valence-electron chi connectivity index (χ1n) is 11.3. The Morgan fingerprint density at radius 2 is 1.53 bits per heavy atom. The van der Waals surface area contributed by atoms with Crippen LogP contribution in [0.2, 0.25) is 5.02 Å². The Morgan fingerprint density at radius 1 is 0.794 bits per heavy atom. The van der Waals surface area contributed by atoms with E-state index >= 15 is 0 Å². The Labute approximate surface area is 205 Å². The number of hydrogen-bond donors (Lipinski definition) is 3. The second-order valence-electron chi connectivity index (χ2n) is 7.95. The largest absolute Gasteiger partial charge is 0.366 e. The van der Waals surface area contributed by atoms with E-state index in [4.69, 9.17) is 11.6 Å². The molecule has 34 heavy (non-hydrogen) atoms. The van der Waals surface area contributed by atoms with E-state index in [1.807, 2.05) is 60.7 Å². The maximum absolute atomic E-state index is 12.7. The highest BCUT2D eigenvalue weighted by molar-refractivity contribution is 6.34. The van der Waals surface area contributed by atoms with Crippen molar-refractivity contribution in [3.63, 3.8) is 0 Å². The zero-order valence-corrected chi connectivity index (χ0v) is 19.6. The van der Waals surface area contributed by atoms with Gasteiger partial charge < -0.3 is 16.0 Å². The molecule has 0 aliphatic heterocycles. The van der Waals surface area contributed by atoms with Gasteiger partial charge >= 0.3 is 0 Å². The summed E-state index contributed by atoms with van der Waals surface area (Å²) in [6.07, 6.45) is 2.52. The molecule has 4 rings (SSSR count). The van der Waals surface area contributed by atoms with Crippen LogP contribution in [-0.2, 0) is 19.5 Å². The number of aromatic nitrogens is 1. The Morgan fingerprint density at radius 3 is 2.24 bits per heavy atom. The third kappa shape index (κ3) is 6.91. The zero-order valence-electron chi connectivity index (χ0n) is 18.8. The quantitative estimate of drug-likeness (QED) is 0.251. The molecule has 3 N–H and O–H groups in total. The van der Waals surface area contributed by atoms with E-state index in [1.54, 1.807) is 24.4 Å².